The van der Waals surface area contributed by atoms with E-state index in [1.807, 2.05) is 18.2 Å². The molecule has 2 nitrogen and oxygen atoms in total. The second-order valence-corrected chi connectivity index (χ2v) is 5.05. The fourth-order valence-electron chi connectivity index (χ4n) is 1.25. The molecule has 0 amide bonds. The quantitative estimate of drug-likeness (QED) is 0.847. The van der Waals surface area contributed by atoms with Gasteiger partial charge in [-0.2, -0.15) is 0 Å². The molecule has 1 aromatic carbocycles. The summed E-state index contributed by atoms with van der Waals surface area (Å²) >= 11 is 11.7. The summed E-state index contributed by atoms with van der Waals surface area (Å²) in [6, 6.07) is 6.17. The summed E-state index contributed by atoms with van der Waals surface area (Å²) in [6.07, 6.45) is 0. The molecule has 1 rings (SSSR count). The molecule has 0 radical (unpaired) electrons. The maximum atomic E-state index is 6.10. The molecule has 0 aliphatic carbocycles. The lowest BCUT2D eigenvalue weighted by molar-refractivity contribution is 0.359. The van der Waals surface area contributed by atoms with E-state index in [2.05, 4.69) is 25.7 Å². The molecule has 0 aliphatic heterocycles. The molecule has 0 aromatic heterocycles. The first-order chi connectivity index (χ1) is 7.99. The number of hydrogen-bond acceptors (Lipinski definition) is 2. The molecule has 1 aromatic rings. The van der Waals surface area contributed by atoms with Crippen molar-refractivity contribution in [3.63, 3.8) is 0 Å². The summed E-state index contributed by atoms with van der Waals surface area (Å²) < 4.78 is 5.39. The Labute approximate surface area is 113 Å². The molecule has 0 heterocycles. The highest BCUT2D eigenvalue weighted by atomic mass is 35.5. The molecule has 0 saturated heterocycles. The number of nitrogens with one attached hydrogen (secondary N) is 1. The van der Waals surface area contributed by atoms with Crippen molar-refractivity contribution in [2.75, 3.05) is 6.61 Å². The number of hydrogen-bond donors (Lipinski definition) is 1. The number of benzene rings is 1. The van der Waals surface area contributed by atoms with Crippen LogP contribution in [0.4, 0.5) is 0 Å². The molecular weight excluding hydrogens is 257 g/mol. The Morgan fingerprint density at radius 3 is 2.71 bits per heavy atom. The fraction of sp³-hybridized carbons (Fsp3) is 0.385. The first kappa shape index (κ1) is 14.4. The number of halogens is 2. The van der Waals surface area contributed by atoms with Crippen molar-refractivity contribution in [1.29, 1.82) is 0 Å². The zero-order valence-corrected chi connectivity index (χ0v) is 11.6. The predicted octanol–water partition coefficient (Wildman–Crippen LogP) is 3.97. The molecule has 0 bridgehead atoms. The van der Waals surface area contributed by atoms with Crippen molar-refractivity contribution >= 4 is 23.2 Å². The highest BCUT2D eigenvalue weighted by Crippen LogP contribution is 2.26. The molecular formula is C13H17Cl2NO. The Kier molecular flexibility index (Phi) is 5.83. The van der Waals surface area contributed by atoms with Crippen LogP contribution in [0.15, 0.2) is 29.8 Å². The van der Waals surface area contributed by atoms with Gasteiger partial charge in [0, 0.05) is 17.6 Å². The number of rotatable bonds is 6. The van der Waals surface area contributed by atoms with Crippen molar-refractivity contribution in [2.45, 2.75) is 26.4 Å². The topological polar surface area (TPSA) is 21.3 Å². The van der Waals surface area contributed by atoms with Crippen molar-refractivity contribution < 1.29 is 4.74 Å². The Morgan fingerprint density at radius 2 is 2.18 bits per heavy atom. The highest BCUT2D eigenvalue weighted by molar-refractivity contribution is 6.32. The third-order valence-corrected chi connectivity index (χ3v) is 2.50. The van der Waals surface area contributed by atoms with Crippen LogP contribution in [0, 0.1) is 0 Å². The average molecular weight is 274 g/mol. The summed E-state index contributed by atoms with van der Waals surface area (Å²) in [5.41, 5.74) is 1.13. The van der Waals surface area contributed by atoms with E-state index in [4.69, 9.17) is 27.9 Å². The first-order valence-electron chi connectivity index (χ1n) is 5.47. The van der Waals surface area contributed by atoms with Crippen LogP contribution in [-0.2, 0) is 6.54 Å². The second kappa shape index (κ2) is 6.90. The van der Waals surface area contributed by atoms with Gasteiger partial charge >= 0.3 is 0 Å². The standard InChI is InChI=1S/C13H17Cl2NO/c1-9(2)16-7-11-4-5-13(12(15)6-11)17-8-10(3)14/h4-6,9,16H,3,7-8H2,1-2H3. The van der Waals surface area contributed by atoms with E-state index >= 15 is 0 Å². The largest absolute Gasteiger partial charge is 0.486 e. The SMILES string of the molecule is C=C(Cl)COc1ccc(CNC(C)C)cc1Cl. The summed E-state index contributed by atoms with van der Waals surface area (Å²) in [7, 11) is 0. The van der Waals surface area contributed by atoms with E-state index in [0.29, 0.717) is 21.8 Å². The summed E-state index contributed by atoms with van der Waals surface area (Å²) in [5.74, 6) is 0.627. The zero-order chi connectivity index (χ0) is 12.8. The third kappa shape index (κ3) is 5.44. The predicted molar refractivity (Wildman–Crippen MR) is 73.9 cm³/mol. The van der Waals surface area contributed by atoms with Gasteiger partial charge < -0.3 is 10.1 Å². The van der Waals surface area contributed by atoms with Gasteiger partial charge in [-0.05, 0) is 17.7 Å². The van der Waals surface area contributed by atoms with Crippen LogP contribution in [-0.4, -0.2) is 12.6 Å². The van der Waals surface area contributed by atoms with Crippen LogP contribution in [0.2, 0.25) is 5.02 Å². The normalized spacial score (nSPS) is 10.6. The monoisotopic (exact) mass is 273 g/mol. The van der Waals surface area contributed by atoms with Gasteiger partial charge in [0.2, 0.25) is 0 Å². The van der Waals surface area contributed by atoms with E-state index in [-0.39, 0.29) is 6.61 Å². The van der Waals surface area contributed by atoms with E-state index < -0.39 is 0 Å². The molecule has 0 spiro atoms. The molecule has 0 unspecified atom stereocenters. The molecule has 0 aliphatic rings. The van der Waals surface area contributed by atoms with Crippen molar-refractivity contribution in [3.8, 4) is 5.75 Å². The van der Waals surface area contributed by atoms with Crippen molar-refractivity contribution in [2.24, 2.45) is 0 Å². The highest BCUT2D eigenvalue weighted by Gasteiger charge is 2.04. The van der Waals surface area contributed by atoms with Crippen LogP contribution in [0.1, 0.15) is 19.4 Å². The van der Waals surface area contributed by atoms with Gasteiger partial charge in [0.15, 0.2) is 0 Å². The third-order valence-electron chi connectivity index (χ3n) is 2.10. The van der Waals surface area contributed by atoms with Gasteiger partial charge in [0.1, 0.15) is 12.4 Å². The lowest BCUT2D eigenvalue weighted by Gasteiger charge is -2.11. The lowest BCUT2D eigenvalue weighted by Crippen LogP contribution is -2.21. The Balaban J connectivity index is 2.62. The van der Waals surface area contributed by atoms with E-state index in [1.165, 1.54) is 0 Å². The van der Waals surface area contributed by atoms with Crippen molar-refractivity contribution in [1.82, 2.24) is 5.32 Å². The fourth-order valence-corrected chi connectivity index (χ4v) is 1.56. The van der Waals surface area contributed by atoms with Gasteiger partial charge in [-0.3, -0.25) is 0 Å². The molecule has 4 heteroatoms. The van der Waals surface area contributed by atoms with Gasteiger partial charge in [-0.1, -0.05) is 49.7 Å². The average Bonchev–Trinajstić information content (AvgIpc) is 2.24. The zero-order valence-electron chi connectivity index (χ0n) is 10.1. The smallest absolute Gasteiger partial charge is 0.138 e. The minimum atomic E-state index is 0.269. The Hall–Kier alpha value is -0.700. The van der Waals surface area contributed by atoms with Crippen LogP contribution >= 0.6 is 23.2 Å². The molecule has 94 valence electrons. The van der Waals surface area contributed by atoms with Gasteiger partial charge in [0.05, 0.1) is 5.02 Å². The van der Waals surface area contributed by atoms with Crippen LogP contribution in [0.25, 0.3) is 0 Å². The minimum absolute atomic E-state index is 0.269. The Bertz CT molecular complexity index is 391. The maximum Gasteiger partial charge on any atom is 0.138 e. The van der Waals surface area contributed by atoms with Crippen LogP contribution < -0.4 is 10.1 Å². The molecule has 0 saturated carbocycles. The summed E-state index contributed by atoms with van der Waals surface area (Å²) in [6.45, 7) is 8.82. The molecule has 17 heavy (non-hydrogen) atoms. The molecule has 0 atom stereocenters. The summed E-state index contributed by atoms with van der Waals surface area (Å²) in [4.78, 5) is 0. The second-order valence-electron chi connectivity index (χ2n) is 4.11. The van der Waals surface area contributed by atoms with Crippen LogP contribution in [0.3, 0.4) is 0 Å². The van der Waals surface area contributed by atoms with Crippen LogP contribution in [0.5, 0.6) is 5.75 Å². The van der Waals surface area contributed by atoms with Gasteiger partial charge in [-0.25, -0.2) is 0 Å². The minimum Gasteiger partial charge on any atom is -0.486 e. The molecule has 0 fully saturated rings. The van der Waals surface area contributed by atoms with E-state index in [0.717, 1.165) is 12.1 Å². The van der Waals surface area contributed by atoms with E-state index in [9.17, 15) is 0 Å². The van der Waals surface area contributed by atoms with Gasteiger partial charge in [-0.15, -0.1) is 0 Å². The first-order valence-corrected chi connectivity index (χ1v) is 6.22. The number of ether oxygens (including phenoxy) is 1. The van der Waals surface area contributed by atoms with Crippen molar-refractivity contribution in [3.05, 3.63) is 40.4 Å². The summed E-state index contributed by atoms with van der Waals surface area (Å²) in [5, 5.41) is 4.36. The molecule has 1 N–H and O–H groups in total. The van der Waals surface area contributed by atoms with Gasteiger partial charge in [0.25, 0.3) is 0 Å². The van der Waals surface area contributed by atoms with E-state index in [1.54, 1.807) is 0 Å². The maximum absolute atomic E-state index is 6.10. The Morgan fingerprint density at radius 1 is 1.47 bits per heavy atom. The lowest BCUT2D eigenvalue weighted by atomic mass is 10.2.